The second kappa shape index (κ2) is 18.6. The molecule has 0 saturated heterocycles. The lowest BCUT2D eigenvalue weighted by molar-refractivity contribution is -0.667. The molecule has 0 aliphatic carbocycles. The zero-order valence-corrected chi connectivity index (χ0v) is 32.5. The number of hydrogen-bond acceptors (Lipinski definition) is 12. The van der Waals surface area contributed by atoms with Gasteiger partial charge in [-0.05, 0) is 54.6 Å². The van der Waals surface area contributed by atoms with Gasteiger partial charge in [-0.15, -0.1) is 0 Å². The Morgan fingerprint density at radius 3 is 1.58 bits per heavy atom. The molecule has 0 saturated carbocycles. The third-order valence-electron chi connectivity index (χ3n) is 9.18. The molecule has 0 aliphatic heterocycles. The topological polar surface area (TPSA) is 211 Å². The fraction of sp³-hybridized carbons (Fsp3) is 0. The third kappa shape index (κ3) is 9.57. The van der Waals surface area contributed by atoms with Crippen molar-refractivity contribution >= 4 is 76.3 Å². The molecule has 0 aliphatic rings. The molecule has 300 valence electrons. The van der Waals surface area contributed by atoms with Gasteiger partial charge < -0.3 is 20.8 Å². The van der Waals surface area contributed by atoms with Gasteiger partial charge >= 0.3 is 0 Å². The van der Waals surface area contributed by atoms with Crippen LogP contribution in [-0.2, 0) is 0 Å². The highest BCUT2D eigenvalue weighted by Gasteiger charge is 2.03. The number of pyridine rings is 6. The number of benzene rings is 3. The summed E-state index contributed by atoms with van der Waals surface area (Å²) in [5.74, 6) is 0. The molecular formula is C46H32N12O4. The van der Waals surface area contributed by atoms with Crippen LogP contribution in [0.5, 0.6) is 0 Å². The summed E-state index contributed by atoms with van der Waals surface area (Å²) in [6, 6.07) is 33.5. The van der Waals surface area contributed by atoms with Gasteiger partial charge in [-0.1, -0.05) is 52.3 Å². The fourth-order valence-electron chi connectivity index (χ4n) is 6.20. The minimum Gasteiger partial charge on any atom is -0.710 e. The lowest BCUT2D eigenvalue weighted by Gasteiger charge is -2.01. The Balaban J connectivity index is 0.000000107. The Hall–Kier alpha value is -9.18. The predicted molar refractivity (Wildman–Crippen MR) is 233 cm³/mol. The molecule has 62 heavy (non-hydrogen) atoms. The number of nitrogens with zero attached hydrogens (tertiary/aromatic N) is 12. The molecule has 12 rings (SSSR count). The normalized spacial score (nSPS) is 10.5. The highest BCUT2D eigenvalue weighted by Crippen LogP contribution is 2.18. The first kappa shape index (κ1) is 39.6. The van der Waals surface area contributed by atoms with Crippen LogP contribution in [-0.4, -0.2) is 40.0 Å². The van der Waals surface area contributed by atoms with E-state index >= 15 is 0 Å². The SMILES string of the molecule is [O-][n+]1cc2ccccc2cn1.[O-][n+]1ccc2nc3ccncc3cc2c1.[O-][n+]1ccnc2ccccc21.[O-][n+]1cncc2ccccc21.c1cc2nc3ccncc3cc2cn1. The number of hydrogen-bond donors (Lipinski definition) is 0. The summed E-state index contributed by atoms with van der Waals surface area (Å²) < 4.78 is 2.34. The molecule has 0 atom stereocenters. The lowest BCUT2D eigenvalue weighted by Crippen LogP contribution is -2.29. The fourth-order valence-corrected chi connectivity index (χ4v) is 6.20. The zero-order valence-electron chi connectivity index (χ0n) is 32.5. The Bertz CT molecular complexity index is 3270. The first-order valence-corrected chi connectivity index (χ1v) is 18.8. The molecular weight excluding hydrogens is 785 g/mol. The highest BCUT2D eigenvalue weighted by molar-refractivity contribution is 5.92. The summed E-state index contributed by atoms with van der Waals surface area (Å²) in [6.45, 7) is 0. The van der Waals surface area contributed by atoms with Crippen LogP contribution in [0.15, 0.2) is 196 Å². The van der Waals surface area contributed by atoms with Gasteiger partial charge in [-0.3, -0.25) is 15.0 Å². The van der Waals surface area contributed by atoms with Gasteiger partial charge in [0.25, 0.3) is 6.33 Å². The first-order chi connectivity index (χ1) is 30.4. The van der Waals surface area contributed by atoms with Crippen molar-refractivity contribution in [2.45, 2.75) is 0 Å². The van der Waals surface area contributed by atoms with Crippen LogP contribution in [0.1, 0.15) is 0 Å². The van der Waals surface area contributed by atoms with Gasteiger partial charge in [0.15, 0.2) is 24.8 Å². The maximum atomic E-state index is 11.1. The van der Waals surface area contributed by atoms with Crippen molar-refractivity contribution in [2.75, 3.05) is 0 Å². The Labute approximate surface area is 351 Å². The minimum atomic E-state index is 0.558. The standard InChI is InChI=1S/C11H7N3O.C11H7N3.3C8H6N2O/c15-14-4-2-11-9(7-14)5-8-6-12-3-1-10(8)13-11;1-3-12-6-8-5-9-7-13-4-2-11(9)14-10(1)8;11-10-6-9-5-7-3-1-2-4-8(7)10;11-10-6-8-4-2-1-3-7(8)5-9-10;11-10-6-5-9-7-3-1-2-4-8(7)10/h1-7H;1-7H;3*1-6H. The van der Waals surface area contributed by atoms with E-state index in [4.69, 9.17) is 0 Å². The van der Waals surface area contributed by atoms with E-state index in [1.807, 2.05) is 97.3 Å². The van der Waals surface area contributed by atoms with Crippen LogP contribution in [0, 0.1) is 20.8 Å². The van der Waals surface area contributed by atoms with E-state index in [0.29, 0.717) is 15.9 Å². The van der Waals surface area contributed by atoms with Crippen LogP contribution >= 0.6 is 0 Å². The number of para-hydroxylation sites is 3. The summed E-state index contributed by atoms with van der Waals surface area (Å²) >= 11 is 0. The quantitative estimate of drug-likeness (QED) is 0.0952. The van der Waals surface area contributed by atoms with E-state index in [9.17, 15) is 20.8 Å². The van der Waals surface area contributed by atoms with Crippen LogP contribution in [0.2, 0.25) is 0 Å². The molecule has 0 N–H and O–H groups in total. The number of fused-ring (bicyclic) bond motifs is 7. The van der Waals surface area contributed by atoms with Crippen molar-refractivity contribution < 1.29 is 19.0 Å². The van der Waals surface area contributed by atoms with Crippen molar-refractivity contribution in [1.82, 2.24) is 40.0 Å². The molecule has 0 radical (unpaired) electrons. The average Bonchev–Trinajstić information content (AvgIpc) is 3.31. The molecule has 16 nitrogen and oxygen atoms in total. The van der Waals surface area contributed by atoms with Gasteiger partial charge in [0, 0.05) is 76.0 Å². The van der Waals surface area contributed by atoms with E-state index in [2.05, 4.69) is 46.1 Å². The Morgan fingerprint density at radius 2 is 0.935 bits per heavy atom. The lowest BCUT2D eigenvalue weighted by atomic mass is 10.2. The van der Waals surface area contributed by atoms with Crippen molar-refractivity contribution in [3.63, 3.8) is 0 Å². The first-order valence-electron chi connectivity index (χ1n) is 18.8. The Kier molecular flexibility index (Phi) is 11.9. The summed E-state index contributed by atoms with van der Waals surface area (Å²) in [7, 11) is 0. The van der Waals surface area contributed by atoms with E-state index in [0.717, 1.165) is 79.5 Å². The summed E-state index contributed by atoms with van der Waals surface area (Å²) in [4.78, 5) is 29.4. The molecule has 0 fully saturated rings. The molecule has 3 aromatic carbocycles. The van der Waals surface area contributed by atoms with E-state index in [1.54, 1.807) is 55.4 Å². The van der Waals surface area contributed by atoms with E-state index < -0.39 is 0 Å². The summed E-state index contributed by atoms with van der Waals surface area (Å²) in [5.41, 5.74) is 5.64. The van der Waals surface area contributed by atoms with Gasteiger partial charge in [-0.25, -0.2) is 19.7 Å². The summed E-state index contributed by atoms with van der Waals surface area (Å²) in [6.07, 6.45) is 22.4. The van der Waals surface area contributed by atoms with E-state index in [-0.39, 0.29) is 0 Å². The molecule has 9 aromatic heterocycles. The number of aromatic nitrogens is 12. The smallest absolute Gasteiger partial charge is 0.289 e. The van der Waals surface area contributed by atoms with Gasteiger partial charge in [0.05, 0.1) is 44.4 Å². The molecule has 9 heterocycles. The van der Waals surface area contributed by atoms with Crippen LogP contribution in [0.25, 0.3) is 76.3 Å². The van der Waals surface area contributed by atoms with E-state index in [1.165, 1.54) is 37.3 Å². The maximum absolute atomic E-state index is 11.1. The summed E-state index contributed by atoms with van der Waals surface area (Å²) in [5, 5.41) is 54.1. The molecule has 0 amide bonds. The second-order valence-electron chi connectivity index (χ2n) is 13.3. The maximum Gasteiger partial charge on any atom is 0.289 e. The van der Waals surface area contributed by atoms with Crippen LogP contribution in [0.4, 0.5) is 0 Å². The van der Waals surface area contributed by atoms with Gasteiger partial charge in [0.1, 0.15) is 17.2 Å². The zero-order chi connectivity index (χ0) is 42.7. The van der Waals surface area contributed by atoms with Crippen LogP contribution < -0.4 is 19.0 Å². The average molecular weight is 817 g/mol. The van der Waals surface area contributed by atoms with Crippen molar-refractivity contribution in [1.29, 1.82) is 0 Å². The molecule has 16 heteroatoms. The largest absolute Gasteiger partial charge is 0.710 e. The predicted octanol–water partition coefficient (Wildman–Crippen LogP) is 6.20. The molecule has 0 bridgehead atoms. The number of rotatable bonds is 0. The second-order valence-corrected chi connectivity index (χ2v) is 13.3. The Morgan fingerprint density at radius 1 is 0.387 bits per heavy atom. The molecule has 12 aromatic rings. The van der Waals surface area contributed by atoms with Crippen molar-refractivity contribution in [3.05, 3.63) is 217 Å². The molecule has 0 unspecified atom stereocenters. The highest BCUT2D eigenvalue weighted by atomic mass is 16.5. The van der Waals surface area contributed by atoms with Crippen LogP contribution in [0.3, 0.4) is 0 Å². The van der Waals surface area contributed by atoms with Crippen molar-refractivity contribution in [3.8, 4) is 0 Å². The van der Waals surface area contributed by atoms with Gasteiger partial charge in [0.2, 0.25) is 11.7 Å². The van der Waals surface area contributed by atoms with Crippen molar-refractivity contribution in [2.24, 2.45) is 0 Å². The van der Waals surface area contributed by atoms with Gasteiger partial charge in [-0.2, -0.15) is 9.46 Å². The minimum absolute atomic E-state index is 0.558. The molecule has 0 spiro atoms. The monoisotopic (exact) mass is 816 g/mol. The third-order valence-corrected chi connectivity index (χ3v) is 9.18.